The highest BCUT2D eigenvalue weighted by molar-refractivity contribution is 8.45. The molecule has 36 heavy (non-hydrogen) atoms. The van der Waals surface area contributed by atoms with E-state index in [0.29, 0.717) is 48.3 Å². The standard InChI is InChI=1S/C23H22F5N5O2S/c1-16-13-31(14-29-16)20-8-3-17(11-21(20)34-2)12-22-23-30-15-33(32(23)9-10-35-22)18-4-6-19(7-5-18)36(24,25,26,27)28/h3-8,11-14H,9-10,15H2,1-2H3. The number of amidine groups is 1. The zero-order valence-corrected chi connectivity index (χ0v) is 20.1. The van der Waals surface area contributed by atoms with Crippen LogP contribution in [0.2, 0.25) is 0 Å². The number of aryl methyl sites for hydroxylation is 1. The second-order valence-corrected chi connectivity index (χ2v) is 10.7. The molecule has 1 saturated heterocycles. The molecule has 0 aliphatic carbocycles. The van der Waals surface area contributed by atoms with Crippen molar-refractivity contribution in [3.05, 3.63) is 72.0 Å². The lowest BCUT2D eigenvalue weighted by atomic mass is 10.1. The molecule has 0 bridgehead atoms. The van der Waals surface area contributed by atoms with Crippen LogP contribution in [0.15, 0.2) is 70.6 Å². The maximum absolute atomic E-state index is 13.1. The molecule has 7 nitrogen and oxygen atoms in total. The van der Waals surface area contributed by atoms with E-state index in [2.05, 4.69) is 9.98 Å². The molecule has 192 valence electrons. The van der Waals surface area contributed by atoms with Crippen LogP contribution in [0.1, 0.15) is 11.3 Å². The number of aliphatic imine (C=N–C) groups is 1. The van der Waals surface area contributed by atoms with Crippen molar-refractivity contribution in [3.8, 4) is 11.4 Å². The van der Waals surface area contributed by atoms with Gasteiger partial charge >= 0.3 is 10.2 Å². The number of methoxy groups -OCH3 is 1. The molecular formula is C23H22F5N5O2S. The minimum Gasteiger partial charge on any atom is -0.495 e. The third-order valence-electron chi connectivity index (χ3n) is 5.74. The van der Waals surface area contributed by atoms with Gasteiger partial charge in [-0.15, -0.1) is 0 Å². The molecule has 1 aromatic heterocycles. The Balaban J connectivity index is 1.39. The summed E-state index contributed by atoms with van der Waals surface area (Å²) in [6.45, 7) is 2.69. The summed E-state index contributed by atoms with van der Waals surface area (Å²) < 4.78 is 78.6. The number of nitrogens with zero attached hydrogens (tertiary/aromatic N) is 5. The van der Waals surface area contributed by atoms with Gasteiger partial charge in [-0.2, -0.15) is 0 Å². The van der Waals surface area contributed by atoms with Gasteiger partial charge in [-0.05, 0) is 55.0 Å². The highest BCUT2D eigenvalue weighted by atomic mass is 32.5. The van der Waals surface area contributed by atoms with Gasteiger partial charge in [0.25, 0.3) is 0 Å². The van der Waals surface area contributed by atoms with Crippen molar-refractivity contribution in [1.82, 2.24) is 14.6 Å². The van der Waals surface area contributed by atoms with Crippen LogP contribution in [-0.4, -0.2) is 47.3 Å². The monoisotopic (exact) mass is 527 g/mol. The number of hydrogen-bond donors (Lipinski definition) is 0. The molecule has 3 aromatic rings. The number of ether oxygens (including phenoxy) is 2. The first-order valence-electron chi connectivity index (χ1n) is 10.8. The van der Waals surface area contributed by atoms with Gasteiger partial charge in [0.15, 0.2) is 11.6 Å². The Labute approximate surface area is 203 Å². The van der Waals surface area contributed by atoms with E-state index in [1.54, 1.807) is 29.5 Å². The van der Waals surface area contributed by atoms with Crippen LogP contribution in [0.25, 0.3) is 11.8 Å². The molecule has 0 atom stereocenters. The predicted molar refractivity (Wildman–Crippen MR) is 128 cm³/mol. The van der Waals surface area contributed by atoms with Crippen molar-refractivity contribution in [2.24, 2.45) is 4.99 Å². The van der Waals surface area contributed by atoms with E-state index in [1.807, 2.05) is 35.9 Å². The summed E-state index contributed by atoms with van der Waals surface area (Å²) in [7, 11) is -8.17. The van der Waals surface area contributed by atoms with E-state index in [-0.39, 0.29) is 6.67 Å². The van der Waals surface area contributed by atoms with Gasteiger partial charge in [0.2, 0.25) is 0 Å². The van der Waals surface area contributed by atoms with E-state index < -0.39 is 15.1 Å². The summed E-state index contributed by atoms with van der Waals surface area (Å²) in [5.41, 5.74) is 2.77. The Morgan fingerprint density at radius 1 is 1.03 bits per heavy atom. The first-order chi connectivity index (χ1) is 16.8. The molecular weight excluding hydrogens is 505 g/mol. The fourth-order valence-corrected chi connectivity index (χ4v) is 4.70. The Hall–Kier alpha value is -3.74. The zero-order chi connectivity index (χ0) is 25.8. The Kier molecular flexibility index (Phi) is 5.08. The molecule has 0 amide bonds. The van der Waals surface area contributed by atoms with Gasteiger partial charge < -0.3 is 14.0 Å². The highest BCUT2D eigenvalue weighted by Crippen LogP contribution is 3.02. The zero-order valence-electron chi connectivity index (χ0n) is 19.2. The second kappa shape index (κ2) is 7.63. The smallest absolute Gasteiger partial charge is 0.310 e. The Morgan fingerprint density at radius 2 is 1.78 bits per heavy atom. The largest absolute Gasteiger partial charge is 0.495 e. The number of hydrogen-bond acceptors (Lipinski definition) is 6. The van der Waals surface area contributed by atoms with Gasteiger partial charge in [0.05, 0.1) is 37.1 Å². The molecule has 0 unspecified atom stereocenters. The third kappa shape index (κ3) is 4.57. The molecule has 5 rings (SSSR count). The Morgan fingerprint density at radius 3 is 2.42 bits per heavy atom. The predicted octanol–water partition coefficient (Wildman–Crippen LogP) is 6.31. The minimum atomic E-state index is -9.73. The van der Waals surface area contributed by atoms with E-state index in [1.165, 1.54) is 0 Å². The van der Waals surface area contributed by atoms with E-state index in [4.69, 9.17) is 9.47 Å². The molecule has 0 radical (unpaired) electrons. The first kappa shape index (κ1) is 24.0. The maximum Gasteiger partial charge on any atom is 0.310 e. The number of rotatable bonds is 5. The number of imidazole rings is 1. The number of anilines is 1. The number of benzene rings is 2. The number of halogens is 5. The van der Waals surface area contributed by atoms with Crippen molar-refractivity contribution in [2.75, 3.05) is 31.9 Å². The lowest BCUT2D eigenvalue weighted by Crippen LogP contribution is -2.47. The average Bonchev–Trinajstić information content (AvgIpc) is 3.44. The normalized spacial score (nSPS) is 18.9. The molecule has 0 N–H and O–H groups in total. The van der Waals surface area contributed by atoms with Crippen LogP contribution in [0.3, 0.4) is 0 Å². The summed E-state index contributed by atoms with van der Waals surface area (Å²) in [5, 5.41) is 3.37. The van der Waals surface area contributed by atoms with Gasteiger partial charge in [0.1, 0.15) is 23.9 Å². The molecule has 3 heterocycles. The number of morpholine rings is 1. The first-order valence-corrected chi connectivity index (χ1v) is 12.7. The topological polar surface area (TPSA) is 55.1 Å². The van der Waals surface area contributed by atoms with Crippen molar-refractivity contribution < 1.29 is 28.9 Å². The van der Waals surface area contributed by atoms with Crippen LogP contribution in [0, 0.1) is 6.92 Å². The Bertz CT molecular complexity index is 1390. The van der Waals surface area contributed by atoms with Crippen LogP contribution < -0.4 is 9.75 Å². The summed E-state index contributed by atoms with van der Waals surface area (Å²) in [6.07, 6.45) is 5.36. The van der Waals surface area contributed by atoms with Crippen LogP contribution in [0.4, 0.5) is 25.1 Å². The highest BCUT2D eigenvalue weighted by Gasteiger charge is 2.65. The van der Waals surface area contributed by atoms with E-state index >= 15 is 0 Å². The van der Waals surface area contributed by atoms with E-state index in [0.717, 1.165) is 29.1 Å². The third-order valence-corrected chi connectivity index (χ3v) is 6.91. The summed E-state index contributed by atoms with van der Waals surface area (Å²) in [6, 6.07) is 8.46. The van der Waals surface area contributed by atoms with E-state index in [9.17, 15) is 19.4 Å². The van der Waals surface area contributed by atoms with Gasteiger partial charge in [-0.25, -0.2) is 9.98 Å². The lowest BCUT2D eigenvalue weighted by Gasteiger charge is -2.41. The molecule has 0 spiro atoms. The minimum absolute atomic E-state index is 0.105. The van der Waals surface area contributed by atoms with Crippen molar-refractivity contribution in [3.63, 3.8) is 0 Å². The van der Waals surface area contributed by atoms with Crippen molar-refractivity contribution >= 4 is 27.8 Å². The number of fused-ring (bicyclic) bond motifs is 1. The van der Waals surface area contributed by atoms with Gasteiger partial charge in [-0.3, -0.25) is 10.0 Å². The SMILES string of the molecule is COc1cc(C=C2OCCN3C2=NCN3c2ccc(S(F)(F)(F)(F)F)cc2)ccc1-n1cnc(C)c1. The quantitative estimate of drug-likeness (QED) is 0.364. The van der Waals surface area contributed by atoms with Gasteiger partial charge in [0, 0.05) is 6.20 Å². The lowest BCUT2D eigenvalue weighted by molar-refractivity contribution is 0.172. The molecule has 1 fully saturated rings. The number of hydrazine groups is 1. The fraction of sp³-hybridized carbons (Fsp3) is 0.217. The second-order valence-electron chi connectivity index (χ2n) is 8.32. The molecule has 2 aliphatic rings. The van der Waals surface area contributed by atoms with Crippen LogP contribution in [-0.2, 0) is 4.74 Å². The summed E-state index contributed by atoms with van der Waals surface area (Å²) in [5.74, 6) is 1.58. The van der Waals surface area contributed by atoms with Crippen molar-refractivity contribution in [2.45, 2.75) is 11.8 Å². The van der Waals surface area contributed by atoms with Gasteiger partial charge in [-0.1, -0.05) is 25.5 Å². The molecule has 0 saturated carbocycles. The number of aromatic nitrogens is 2. The summed E-state index contributed by atoms with van der Waals surface area (Å²) >= 11 is 0. The summed E-state index contributed by atoms with van der Waals surface area (Å²) in [4.78, 5) is 6.78. The molecule has 2 aromatic carbocycles. The average molecular weight is 528 g/mol. The van der Waals surface area contributed by atoms with Crippen LogP contribution in [0.5, 0.6) is 5.75 Å². The maximum atomic E-state index is 13.1. The van der Waals surface area contributed by atoms with Crippen LogP contribution >= 0.6 is 10.2 Å². The van der Waals surface area contributed by atoms with Crippen molar-refractivity contribution in [1.29, 1.82) is 0 Å². The molecule has 13 heteroatoms. The molecule has 2 aliphatic heterocycles. The fourth-order valence-electron chi connectivity index (χ4n) is 4.05.